The maximum absolute atomic E-state index is 11.9. The molecule has 0 radical (unpaired) electrons. The first-order valence-electron chi connectivity index (χ1n) is 6.06. The molecule has 4 heteroatoms. The van der Waals surface area contributed by atoms with Crippen LogP contribution in [0, 0.1) is 0 Å². The molecule has 2 nitrogen and oxygen atoms in total. The van der Waals surface area contributed by atoms with Gasteiger partial charge in [0.15, 0.2) is 5.78 Å². The van der Waals surface area contributed by atoms with Gasteiger partial charge in [0.05, 0.1) is 0 Å². The van der Waals surface area contributed by atoms with E-state index in [1.165, 1.54) is 11.0 Å². The van der Waals surface area contributed by atoms with Crippen molar-refractivity contribution >= 4 is 39.2 Å². The van der Waals surface area contributed by atoms with Crippen molar-refractivity contribution in [2.75, 3.05) is 11.6 Å². The van der Waals surface area contributed by atoms with Gasteiger partial charge in [0.1, 0.15) is 0 Å². The van der Waals surface area contributed by atoms with Crippen molar-refractivity contribution in [3.63, 3.8) is 0 Å². The van der Waals surface area contributed by atoms with Gasteiger partial charge in [0.25, 0.3) is 0 Å². The lowest BCUT2D eigenvalue weighted by atomic mass is 10.1. The molecule has 102 valence electrons. The van der Waals surface area contributed by atoms with Gasteiger partial charge in [-0.3, -0.25) is 4.79 Å². The summed E-state index contributed by atoms with van der Waals surface area (Å²) in [4.78, 5) is 13.1. The Hall–Kier alpha value is -1.52. The Kier molecular flexibility index (Phi) is 5.44. The summed E-state index contributed by atoms with van der Waals surface area (Å²) < 4.78 is 0.963. The van der Waals surface area contributed by atoms with E-state index in [9.17, 15) is 4.79 Å². The number of benzene rings is 2. The van der Waals surface area contributed by atoms with Crippen LogP contribution in [0.1, 0.15) is 10.4 Å². The molecule has 0 aliphatic rings. The summed E-state index contributed by atoms with van der Waals surface area (Å²) in [5.74, 6) is -0.0222. The topological polar surface area (TPSA) is 29.1 Å². The lowest BCUT2D eigenvalue weighted by Gasteiger charge is -2.02. The van der Waals surface area contributed by atoms with E-state index >= 15 is 0 Å². The average Bonchev–Trinajstić information content (AvgIpc) is 2.48. The molecule has 0 unspecified atom stereocenters. The van der Waals surface area contributed by atoms with E-state index in [-0.39, 0.29) is 5.78 Å². The minimum Gasteiger partial charge on any atom is -0.362 e. The monoisotopic (exact) mass is 347 g/mol. The van der Waals surface area contributed by atoms with E-state index in [2.05, 4.69) is 21.2 Å². The first-order chi connectivity index (χ1) is 9.69. The zero-order valence-corrected chi connectivity index (χ0v) is 13.4. The van der Waals surface area contributed by atoms with Crippen molar-refractivity contribution < 1.29 is 4.79 Å². The van der Waals surface area contributed by atoms with E-state index < -0.39 is 0 Å². The quantitative estimate of drug-likeness (QED) is 0.469. The smallest absolute Gasteiger partial charge is 0.187 e. The van der Waals surface area contributed by atoms with Gasteiger partial charge < -0.3 is 5.32 Å². The lowest BCUT2D eigenvalue weighted by molar-refractivity contribution is 0.104. The molecule has 0 aliphatic carbocycles. The average molecular weight is 348 g/mol. The minimum absolute atomic E-state index is 0.0222. The Morgan fingerprint density at radius 1 is 1.20 bits per heavy atom. The van der Waals surface area contributed by atoms with E-state index in [1.807, 2.05) is 42.7 Å². The number of allylic oxidation sites excluding steroid dienone is 1. The van der Waals surface area contributed by atoms with E-state index in [0.717, 1.165) is 10.2 Å². The molecule has 0 aliphatic heterocycles. The molecule has 0 aromatic heterocycles. The van der Waals surface area contributed by atoms with Crippen LogP contribution in [0.2, 0.25) is 0 Å². The van der Waals surface area contributed by atoms with Gasteiger partial charge in [-0.15, -0.1) is 11.8 Å². The van der Waals surface area contributed by atoms with Crippen molar-refractivity contribution in [2.45, 2.75) is 4.90 Å². The van der Waals surface area contributed by atoms with Crippen molar-refractivity contribution in [1.29, 1.82) is 0 Å². The number of carbonyl (C=O) groups is 1. The molecule has 2 rings (SSSR count). The van der Waals surface area contributed by atoms with Gasteiger partial charge in [0, 0.05) is 32.9 Å². The second-order valence-electron chi connectivity index (χ2n) is 4.08. The van der Waals surface area contributed by atoms with Gasteiger partial charge in [-0.1, -0.05) is 22.0 Å². The number of carbonyl (C=O) groups excluding carboxylic acids is 1. The molecular weight excluding hydrogens is 334 g/mol. The van der Waals surface area contributed by atoms with E-state index in [1.54, 1.807) is 30.1 Å². The minimum atomic E-state index is -0.0222. The largest absolute Gasteiger partial charge is 0.362 e. The predicted molar refractivity (Wildman–Crippen MR) is 89.5 cm³/mol. The highest BCUT2D eigenvalue weighted by Crippen LogP contribution is 2.19. The molecule has 1 N–H and O–H groups in total. The first kappa shape index (κ1) is 14.9. The Balaban J connectivity index is 1.99. The highest BCUT2D eigenvalue weighted by atomic mass is 79.9. The normalized spacial score (nSPS) is 10.7. The molecule has 2 aromatic carbocycles. The van der Waals surface area contributed by atoms with Crippen LogP contribution in [0.5, 0.6) is 0 Å². The summed E-state index contributed by atoms with van der Waals surface area (Å²) in [6.07, 6.45) is 5.24. The fraction of sp³-hybridized carbons (Fsp3) is 0.0625. The number of nitrogens with one attached hydrogen (secondary N) is 1. The maximum Gasteiger partial charge on any atom is 0.187 e. The van der Waals surface area contributed by atoms with Crippen molar-refractivity contribution in [3.8, 4) is 0 Å². The third-order valence-corrected chi connectivity index (χ3v) is 3.94. The van der Waals surface area contributed by atoms with Crippen molar-refractivity contribution in [1.82, 2.24) is 0 Å². The fourth-order valence-corrected chi connectivity index (χ4v) is 2.36. The number of rotatable bonds is 5. The van der Waals surface area contributed by atoms with Crippen LogP contribution < -0.4 is 5.32 Å². The van der Waals surface area contributed by atoms with Gasteiger partial charge in [0.2, 0.25) is 0 Å². The summed E-state index contributed by atoms with van der Waals surface area (Å²) in [5.41, 5.74) is 1.64. The van der Waals surface area contributed by atoms with Crippen molar-refractivity contribution in [3.05, 3.63) is 70.8 Å². The summed E-state index contributed by atoms with van der Waals surface area (Å²) in [6.45, 7) is 0. The first-order valence-corrected chi connectivity index (χ1v) is 8.08. The number of ketones is 1. The number of thioether (sulfide) groups is 1. The second kappa shape index (κ2) is 7.31. The molecule has 2 aromatic rings. The molecule has 0 saturated heterocycles. The highest BCUT2D eigenvalue weighted by molar-refractivity contribution is 9.10. The highest BCUT2D eigenvalue weighted by Gasteiger charge is 2.00. The number of anilines is 1. The Morgan fingerprint density at radius 2 is 1.95 bits per heavy atom. The Labute approximate surface area is 131 Å². The summed E-state index contributed by atoms with van der Waals surface area (Å²) in [6, 6.07) is 15.3. The second-order valence-corrected chi connectivity index (χ2v) is 5.88. The van der Waals surface area contributed by atoms with Crippen LogP contribution in [0.25, 0.3) is 0 Å². The molecule has 0 atom stereocenters. The molecule has 0 amide bonds. The van der Waals surface area contributed by atoms with Gasteiger partial charge >= 0.3 is 0 Å². The van der Waals surface area contributed by atoms with E-state index in [4.69, 9.17) is 0 Å². The molecule has 0 saturated carbocycles. The zero-order valence-electron chi connectivity index (χ0n) is 11.0. The van der Waals surface area contributed by atoms with Crippen molar-refractivity contribution in [2.24, 2.45) is 0 Å². The van der Waals surface area contributed by atoms with Crippen LogP contribution in [0.15, 0.2) is 70.2 Å². The van der Waals surface area contributed by atoms with Crippen LogP contribution in [0.3, 0.4) is 0 Å². The molecular formula is C16H14BrNOS. The van der Waals surface area contributed by atoms with Crippen LogP contribution in [-0.2, 0) is 0 Å². The molecule has 20 heavy (non-hydrogen) atoms. The van der Waals surface area contributed by atoms with Crippen LogP contribution >= 0.6 is 27.7 Å². The molecule has 0 spiro atoms. The third-order valence-electron chi connectivity index (χ3n) is 2.68. The summed E-state index contributed by atoms with van der Waals surface area (Å²) in [5, 5.41) is 3.11. The Bertz CT molecular complexity index is 623. The third kappa shape index (κ3) is 4.25. The number of hydrogen-bond donors (Lipinski definition) is 1. The van der Waals surface area contributed by atoms with Crippen LogP contribution in [0.4, 0.5) is 5.69 Å². The van der Waals surface area contributed by atoms with Crippen LogP contribution in [-0.4, -0.2) is 12.0 Å². The summed E-state index contributed by atoms with van der Waals surface area (Å²) >= 11 is 5.03. The lowest BCUT2D eigenvalue weighted by Crippen LogP contribution is -1.96. The SMILES string of the molecule is CSc1cccc(N/C=C/C(=O)c2ccc(Br)cc2)c1. The van der Waals surface area contributed by atoms with Gasteiger partial charge in [-0.25, -0.2) is 0 Å². The number of halogens is 1. The number of hydrogen-bond acceptors (Lipinski definition) is 3. The maximum atomic E-state index is 11.9. The van der Waals surface area contributed by atoms with E-state index in [0.29, 0.717) is 5.56 Å². The molecule has 0 bridgehead atoms. The summed E-state index contributed by atoms with van der Waals surface area (Å²) in [7, 11) is 0. The standard InChI is InChI=1S/C16H14BrNOS/c1-20-15-4-2-3-14(11-15)18-10-9-16(19)12-5-7-13(17)8-6-12/h2-11,18H,1H3/b10-9+. The zero-order chi connectivity index (χ0) is 14.4. The fourth-order valence-electron chi connectivity index (χ4n) is 1.64. The molecule has 0 heterocycles. The van der Waals surface area contributed by atoms with Gasteiger partial charge in [-0.05, 0) is 48.7 Å². The van der Waals surface area contributed by atoms with Gasteiger partial charge in [-0.2, -0.15) is 0 Å². The predicted octanol–water partition coefficient (Wildman–Crippen LogP) is 4.98. The molecule has 0 fully saturated rings. The Morgan fingerprint density at radius 3 is 2.65 bits per heavy atom.